The Hall–Kier alpha value is -2.27. The van der Waals surface area contributed by atoms with Crippen molar-refractivity contribution < 1.29 is 13.6 Å². The van der Waals surface area contributed by atoms with Crippen molar-refractivity contribution in [1.29, 1.82) is 0 Å². The Kier molecular flexibility index (Phi) is 4.26. The SMILES string of the molecule is O=C(c1cc2c(s1)CCCC2)N(Cc1ccco1)Cc1ccco1. The number of furan rings is 2. The molecule has 4 rings (SSSR count). The summed E-state index contributed by atoms with van der Waals surface area (Å²) in [5.41, 5.74) is 1.35. The van der Waals surface area contributed by atoms with Crippen molar-refractivity contribution >= 4 is 17.2 Å². The summed E-state index contributed by atoms with van der Waals surface area (Å²) in [4.78, 5) is 17.0. The lowest BCUT2D eigenvalue weighted by Crippen LogP contribution is -2.29. The van der Waals surface area contributed by atoms with Crippen LogP contribution in [0.1, 0.15) is 44.5 Å². The molecule has 0 N–H and O–H groups in total. The van der Waals surface area contributed by atoms with E-state index in [0.29, 0.717) is 13.1 Å². The van der Waals surface area contributed by atoms with Crippen molar-refractivity contribution in [3.63, 3.8) is 0 Å². The monoisotopic (exact) mass is 341 g/mol. The van der Waals surface area contributed by atoms with Crippen LogP contribution in [-0.4, -0.2) is 10.8 Å². The zero-order valence-electron chi connectivity index (χ0n) is 13.4. The molecule has 0 fully saturated rings. The van der Waals surface area contributed by atoms with Crippen molar-refractivity contribution in [2.75, 3.05) is 0 Å². The van der Waals surface area contributed by atoms with Crippen LogP contribution in [0.4, 0.5) is 0 Å². The first-order chi connectivity index (χ1) is 11.8. The maximum atomic E-state index is 13.1. The van der Waals surface area contributed by atoms with Crippen LogP contribution in [0, 0.1) is 0 Å². The smallest absolute Gasteiger partial charge is 0.264 e. The Bertz CT molecular complexity index is 742. The lowest BCUT2D eigenvalue weighted by molar-refractivity contribution is 0.0709. The van der Waals surface area contributed by atoms with Gasteiger partial charge in [-0.1, -0.05) is 0 Å². The number of amides is 1. The third kappa shape index (κ3) is 3.17. The first-order valence-corrected chi connectivity index (χ1v) is 9.07. The van der Waals surface area contributed by atoms with Crippen LogP contribution >= 0.6 is 11.3 Å². The summed E-state index contributed by atoms with van der Waals surface area (Å²) in [7, 11) is 0. The molecule has 0 aromatic carbocycles. The number of hydrogen-bond donors (Lipinski definition) is 0. The molecule has 124 valence electrons. The fourth-order valence-electron chi connectivity index (χ4n) is 3.13. The van der Waals surface area contributed by atoms with Gasteiger partial charge in [0.1, 0.15) is 11.5 Å². The topological polar surface area (TPSA) is 46.6 Å². The molecular weight excluding hydrogens is 322 g/mol. The van der Waals surface area contributed by atoms with Crippen LogP contribution in [0.25, 0.3) is 0 Å². The molecule has 3 aromatic heterocycles. The highest BCUT2D eigenvalue weighted by Gasteiger charge is 2.23. The van der Waals surface area contributed by atoms with Gasteiger partial charge < -0.3 is 13.7 Å². The van der Waals surface area contributed by atoms with Crippen molar-refractivity contribution in [2.24, 2.45) is 0 Å². The van der Waals surface area contributed by atoms with Gasteiger partial charge in [0.2, 0.25) is 0 Å². The quantitative estimate of drug-likeness (QED) is 0.678. The fourth-order valence-corrected chi connectivity index (χ4v) is 4.35. The van der Waals surface area contributed by atoms with E-state index in [1.807, 2.05) is 24.3 Å². The van der Waals surface area contributed by atoms with Gasteiger partial charge in [0.15, 0.2) is 0 Å². The molecule has 1 amide bonds. The Morgan fingerprint density at radius 3 is 2.29 bits per heavy atom. The molecule has 5 heteroatoms. The summed E-state index contributed by atoms with van der Waals surface area (Å²) >= 11 is 1.64. The molecule has 24 heavy (non-hydrogen) atoms. The van der Waals surface area contributed by atoms with Gasteiger partial charge in [-0.05, 0) is 61.6 Å². The Labute approximate surface area is 144 Å². The summed E-state index contributed by atoms with van der Waals surface area (Å²) < 4.78 is 10.9. The van der Waals surface area contributed by atoms with E-state index in [1.54, 1.807) is 28.8 Å². The molecule has 4 nitrogen and oxygen atoms in total. The van der Waals surface area contributed by atoms with E-state index in [9.17, 15) is 4.79 Å². The van der Waals surface area contributed by atoms with Crippen LogP contribution in [0.15, 0.2) is 51.7 Å². The van der Waals surface area contributed by atoms with Gasteiger partial charge in [0, 0.05) is 4.88 Å². The van der Waals surface area contributed by atoms with E-state index >= 15 is 0 Å². The zero-order chi connectivity index (χ0) is 16.4. The van der Waals surface area contributed by atoms with Crippen LogP contribution in [-0.2, 0) is 25.9 Å². The largest absolute Gasteiger partial charge is 0.467 e. The number of carbonyl (C=O) groups excluding carboxylic acids is 1. The van der Waals surface area contributed by atoms with E-state index in [0.717, 1.165) is 29.2 Å². The highest BCUT2D eigenvalue weighted by molar-refractivity contribution is 7.14. The Balaban J connectivity index is 1.59. The minimum Gasteiger partial charge on any atom is -0.467 e. The summed E-state index contributed by atoms with van der Waals surface area (Å²) in [5, 5.41) is 0. The normalized spacial score (nSPS) is 13.7. The highest BCUT2D eigenvalue weighted by atomic mass is 32.1. The first-order valence-electron chi connectivity index (χ1n) is 8.25. The number of nitrogens with zero attached hydrogens (tertiary/aromatic N) is 1. The van der Waals surface area contributed by atoms with Gasteiger partial charge in [-0.3, -0.25) is 4.79 Å². The Morgan fingerprint density at radius 2 is 1.71 bits per heavy atom. The number of carbonyl (C=O) groups is 1. The van der Waals surface area contributed by atoms with Gasteiger partial charge in [-0.25, -0.2) is 0 Å². The molecular formula is C19H19NO3S. The third-order valence-corrected chi connectivity index (χ3v) is 5.57. The molecule has 0 saturated heterocycles. The van der Waals surface area contributed by atoms with E-state index in [1.165, 1.54) is 23.3 Å². The molecule has 1 aliphatic carbocycles. The van der Waals surface area contributed by atoms with Gasteiger partial charge in [-0.2, -0.15) is 0 Å². The van der Waals surface area contributed by atoms with Crippen LogP contribution in [0.2, 0.25) is 0 Å². The summed E-state index contributed by atoms with van der Waals surface area (Å²) in [6.45, 7) is 0.879. The average molecular weight is 341 g/mol. The number of aryl methyl sites for hydroxylation is 2. The molecule has 1 aliphatic rings. The standard InChI is InChI=1S/C19H19NO3S/c21-19(18-11-14-5-1-2-8-17(14)24-18)20(12-15-6-3-9-22-15)13-16-7-4-10-23-16/h3-4,6-7,9-11H,1-2,5,8,12-13H2. The predicted molar refractivity (Wildman–Crippen MR) is 92.0 cm³/mol. The van der Waals surface area contributed by atoms with Crippen molar-refractivity contribution in [2.45, 2.75) is 38.8 Å². The van der Waals surface area contributed by atoms with E-state index < -0.39 is 0 Å². The number of thiophene rings is 1. The minimum atomic E-state index is 0.0437. The van der Waals surface area contributed by atoms with Crippen LogP contribution in [0.3, 0.4) is 0 Å². The molecule has 0 aliphatic heterocycles. The summed E-state index contributed by atoms with van der Waals surface area (Å²) in [5.74, 6) is 1.59. The van der Waals surface area contributed by atoms with Crippen LogP contribution < -0.4 is 0 Å². The molecule has 3 heterocycles. The molecule has 0 spiro atoms. The molecule has 0 unspecified atom stereocenters. The van der Waals surface area contributed by atoms with Crippen molar-refractivity contribution in [3.05, 3.63) is 69.7 Å². The van der Waals surface area contributed by atoms with E-state index in [4.69, 9.17) is 8.83 Å². The summed E-state index contributed by atoms with van der Waals surface area (Å²) in [6, 6.07) is 9.55. The summed E-state index contributed by atoms with van der Waals surface area (Å²) in [6.07, 6.45) is 7.91. The predicted octanol–water partition coefficient (Wildman–Crippen LogP) is 4.66. The average Bonchev–Trinajstić information content (AvgIpc) is 3.34. The van der Waals surface area contributed by atoms with E-state index in [-0.39, 0.29) is 5.91 Å². The highest BCUT2D eigenvalue weighted by Crippen LogP contribution is 2.31. The lowest BCUT2D eigenvalue weighted by Gasteiger charge is -2.19. The van der Waals surface area contributed by atoms with Gasteiger partial charge >= 0.3 is 0 Å². The maximum Gasteiger partial charge on any atom is 0.264 e. The molecule has 3 aromatic rings. The second-order valence-electron chi connectivity index (χ2n) is 6.09. The number of hydrogen-bond acceptors (Lipinski definition) is 4. The lowest BCUT2D eigenvalue weighted by atomic mass is 9.99. The molecule has 0 saturated carbocycles. The molecule has 0 radical (unpaired) electrons. The minimum absolute atomic E-state index is 0.0437. The fraction of sp³-hybridized carbons (Fsp3) is 0.316. The third-order valence-electron chi connectivity index (χ3n) is 4.35. The second-order valence-corrected chi connectivity index (χ2v) is 7.22. The Morgan fingerprint density at radius 1 is 1.04 bits per heavy atom. The zero-order valence-corrected chi connectivity index (χ0v) is 14.2. The second kappa shape index (κ2) is 6.69. The number of fused-ring (bicyclic) bond motifs is 1. The molecule has 0 bridgehead atoms. The van der Waals surface area contributed by atoms with Gasteiger partial charge in [0.25, 0.3) is 5.91 Å². The van der Waals surface area contributed by atoms with Crippen molar-refractivity contribution in [1.82, 2.24) is 4.90 Å². The molecule has 0 atom stereocenters. The maximum absolute atomic E-state index is 13.1. The van der Waals surface area contributed by atoms with E-state index in [2.05, 4.69) is 6.07 Å². The van der Waals surface area contributed by atoms with Crippen molar-refractivity contribution in [3.8, 4) is 0 Å². The number of rotatable bonds is 5. The first kappa shape index (κ1) is 15.3. The van der Waals surface area contributed by atoms with Crippen LogP contribution in [0.5, 0.6) is 0 Å². The van der Waals surface area contributed by atoms with Gasteiger partial charge in [0.05, 0.1) is 30.5 Å². The van der Waals surface area contributed by atoms with Gasteiger partial charge in [-0.15, -0.1) is 11.3 Å².